The molecule has 104 valence electrons. The minimum absolute atomic E-state index is 0.194. The second-order valence-corrected chi connectivity index (χ2v) is 5.72. The molecule has 2 rings (SSSR count). The van der Waals surface area contributed by atoms with E-state index in [2.05, 4.69) is 51.2 Å². The van der Waals surface area contributed by atoms with Gasteiger partial charge in [-0.3, -0.25) is 9.69 Å². The lowest BCUT2D eigenvalue weighted by Crippen LogP contribution is -2.49. The van der Waals surface area contributed by atoms with E-state index < -0.39 is 0 Å². The first kappa shape index (κ1) is 14.5. The van der Waals surface area contributed by atoms with Gasteiger partial charge in [0.05, 0.1) is 0 Å². The maximum Gasteiger partial charge on any atom is 0.219 e. The molecular formula is C15H21BrN2O. The predicted octanol–water partition coefficient (Wildman–Crippen LogP) is 2.33. The van der Waals surface area contributed by atoms with E-state index in [9.17, 15) is 4.79 Å². The van der Waals surface area contributed by atoms with E-state index >= 15 is 0 Å². The Morgan fingerprint density at radius 3 is 2.37 bits per heavy atom. The van der Waals surface area contributed by atoms with Crippen LogP contribution in [0.15, 0.2) is 30.3 Å². The van der Waals surface area contributed by atoms with Crippen molar-refractivity contribution in [1.82, 2.24) is 9.80 Å². The first-order valence-corrected chi connectivity index (χ1v) is 7.91. The van der Waals surface area contributed by atoms with Crippen LogP contribution in [0.5, 0.6) is 0 Å². The molecule has 1 aromatic rings. The number of alkyl halides is 1. The zero-order valence-electron chi connectivity index (χ0n) is 11.4. The third kappa shape index (κ3) is 4.05. The minimum Gasteiger partial charge on any atom is -0.340 e. The summed E-state index contributed by atoms with van der Waals surface area (Å²) in [6.07, 6.45) is 0. The Morgan fingerprint density at radius 1 is 1.21 bits per heavy atom. The molecule has 0 saturated carbocycles. The topological polar surface area (TPSA) is 23.6 Å². The lowest BCUT2D eigenvalue weighted by molar-refractivity contribution is -0.130. The van der Waals surface area contributed by atoms with E-state index in [1.54, 1.807) is 6.92 Å². The zero-order valence-corrected chi connectivity index (χ0v) is 13.0. The van der Waals surface area contributed by atoms with Gasteiger partial charge >= 0.3 is 0 Å². The van der Waals surface area contributed by atoms with Gasteiger partial charge in [0.25, 0.3) is 0 Å². The maximum atomic E-state index is 11.3. The van der Waals surface area contributed by atoms with Crippen molar-refractivity contribution in [1.29, 1.82) is 0 Å². The molecule has 1 atom stereocenters. The van der Waals surface area contributed by atoms with Crippen molar-refractivity contribution in [3.8, 4) is 0 Å². The first-order chi connectivity index (χ1) is 9.20. The van der Waals surface area contributed by atoms with Crippen LogP contribution < -0.4 is 0 Å². The largest absolute Gasteiger partial charge is 0.340 e. The SMILES string of the molecule is CC(=O)N1CCN(CC(CBr)c2ccccc2)CC1. The summed E-state index contributed by atoms with van der Waals surface area (Å²) in [5.74, 6) is 0.713. The van der Waals surface area contributed by atoms with Gasteiger partial charge in [-0.25, -0.2) is 0 Å². The molecule has 0 N–H and O–H groups in total. The van der Waals surface area contributed by atoms with E-state index in [1.165, 1.54) is 5.56 Å². The summed E-state index contributed by atoms with van der Waals surface area (Å²) < 4.78 is 0. The molecule has 0 aromatic heterocycles. The normalized spacial score (nSPS) is 18.3. The fourth-order valence-corrected chi connectivity index (χ4v) is 3.10. The Hall–Kier alpha value is -0.870. The quantitative estimate of drug-likeness (QED) is 0.794. The van der Waals surface area contributed by atoms with Crippen molar-refractivity contribution >= 4 is 21.8 Å². The Labute approximate surface area is 123 Å². The Kier molecular flexibility index (Phi) is 5.40. The molecule has 0 spiro atoms. The molecule has 1 aliphatic rings. The number of amides is 1. The van der Waals surface area contributed by atoms with Crippen molar-refractivity contribution in [3.63, 3.8) is 0 Å². The summed E-state index contributed by atoms with van der Waals surface area (Å²) in [5.41, 5.74) is 1.38. The molecule has 3 nitrogen and oxygen atoms in total. The Morgan fingerprint density at radius 2 is 1.84 bits per heavy atom. The van der Waals surface area contributed by atoms with Crippen LogP contribution in [0.3, 0.4) is 0 Å². The lowest BCUT2D eigenvalue weighted by Gasteiger charge is -2.35. The van der Waals surface area contributed by atoms with Gasteiger partial charge in [-0.05, 0) is 5.56 Å². The highest BCUT2D eigenvalue weighted by Gasteiger charge is 2.21. The lowest BCUT2D eigenvalue weighted by atomic mass is 10.0. The van der Waals surface area contributed by atoms with Crippen LogP contribution in [-0.2, 0) is 4.79 Å². The summed E-state index contributed by atoms with van der Waals surface area (Å²) in [7, 11) is 0. The van der Waals surface area contributed by atoms with Gasteiger partial charge in [0.1, 0.15) is 0 Å². The molecule has 1 heterocycles. The van der Waals surface area contributed by atoms with Crippen molar-refractivity contribution in [2.75, 3.05) is 38.1 Å². The van der Waals surface area contributed by atoms with E-state index in [0.29, 0.717) is 5.92 Å². The number of nitrogens with zero attached hydrogens (tertiary/aromatic N) is 2. The number of rotatable bonds is 4. The minimum atomic E-state index is 0.194. The Balaban J connectivity index is 1.89. The van der Waals surface area contributed by atoms with Crippen LogP contribution in [0.1, 0.15) is 18.4 Å². The summed E-state index contributed by atoms with van der Waals surface area (Å²) in [5, 5.41) is 0.976. The van der Waals surface area contributed by atoms with Crippen molar-refractivity contribution in [2.45, 2.75) is 12.8 Å². The maximum absolute atomic E-state index is 11.3. The molecule has 1 aromatic carbocycles. The molecule has 4 heteroatoms. The fraction of sp³-hybridized carbons (Fsp3) is 0.533. The molecule has 1 fully saturated rings. The van der Waals surface area contributed by atoms with Crippen molar-refractivity contribution in [3.05, 3.63) is 35.9 Å². The smallest absolute Gasteiger partial charge is 0.219 e. The average molecular weight is 325 g/mol. The standard InChI is InChI=1S/C15H21BrN2O/c1-13(19)18-9-7-17(8-10-18)12-15(11-16)14-5-3-2-4-6-14/h2-6,15H,7-12H2,1H3. The van der Waals surface area contributed by atoms with Crippen LogP contribution in [0.25, 0.3) is 0 Å². The van der Waals surface area contributed by atoms with E-state index in [0.717, 1.165) is 38.1 Å². The number of carbonyl (C=O) groups excluding carboxylic acids is 1. The van der Waals surface area contributed by atoms with E-state index in [4.69, 9.17) is 0 Å². The van der Waals surface area contributed by atoms with Crippen LogP contribution >= 0.6 is 15.9 Å². The number of hydrogen-bond donors (Lipinski definition) is 0. The highest BCUT2D eigenvalue weighted by atomic mass is 79.9. The predicted molar refractivity (Wildman–Crippen MR) is 81.7 cm³/mol. The van der Waals surface area contributed by atoms with Gasteiger partial charge in [0, 0.05) is 50.9 Å². The van der Waals surface area contributed by atoms with Gasteiger partial charge in [-0.2, -0.15) is 0 Å². The van der Waals surface area contributed by atoms with Crippen molar-refractivity contribution in [2.24, 2.45) is 0 Å². The molecule has 0 radical (unpaired) electrons. The van der Waals surface area contributed by atoms with E-state index in [-0.39, 0.29) is 5.91 Å². The molecule has 1 saturated heterocycles. The van der Waals surface area contributed by atoms with Gasteiger partial charge < -0.3 is 4.90 Å². The number of carbonyl (C=O) groups is 1. The van der Waals surface area contributed by atoms with Gasteiger partial charge in [0.15, 0.2) is 0 Å². The number of hydrogen-bond acceptors (Lipinski definition) is 2. The van der Waals surface area contributed by atoms with Crippen molar-refractivity contribution < 1.29 is 4.79 Å². The highest BCUT2D eigenvalue weighted by Crippen LogP contribution is 2.20. The fourth-order valence-electron chi connectivity index (χ4n) is 2.53. The van der Waals surface area contributed by atoms with Gasteiger partial charge in [-0.1, -0.05) is 46.3 Å². The molecule has 1 unspecified atom stereocenters. The summed E-state index contributed by atoms with van der Waals surface area (Å²) >= 11 is 3.62. The monoisotopic (exact) mass is 324 g/mol. The summed E-state index contributed by atoms with van der Waals surface area (Å²) in [6, 6.07) is 10.6. The van der Waals surface area contributed by atoms with E-state index in [1.807, 2.05) is 4.90 Å². The summed E-state index contributed by atoms with van der Waals surface area (Å²) in [4.78, 5) is 15.7. The number of benzene rings is 1. The first-order valence-electron chi connectivity index (χ1n) is 6.79. The number of piperazine rings is 1. The second kappa shape index (κ2) is 7.06. The number of halogens is 1. The molecule has 1 aliphatic heterocycles. The molecule has 19 heavy (non-hydrogen) atoms. The molecule has 1 amide bonds. The van der Waals surface area contributed by atoms with Gasteiger partial charge in [-0.15, -0.1) is 0 Å². The molecular weight excluding hydrogens is 304 g/mol. The zero-order chi connectivity index (χ0) is 13.7. The van der Waals surface area contributed by atoms with Crippen LogP contribution in [0.2, 0.25) is 0 Å². The van der Waals surface area contributed by atoms with Crippen LogP contribution in [0.4, 0.5) is 0 Å². The Bertz CT molecular complexity index is 402. The highest BCUT2D eigenvalue weighted by molar-refractivity contribution is 9.09. The second-order valence-electron chi connectivity index (χ2n) is 5.07. The van der Waals surface area contributed by atoms with Crippen LogP contribution in [0, 0.1) is 0 Å². The molecule has 0 bridgehead atoms. The average Bonchev–Trinajstić information content (AvgIpc) is 2.46. The third-order valence-electron chi connectivity index (χ3n) is 3.75. The summed E-state index contributed by atoms with van der Waals surface area (Å²) in [6.45, 7) is 6.39. The third-order valence-corrected chi connectivity index (χ3v) is 4.54. The molecule has 0 aliphatic carbocycles. The van der Waals surface area contributed by atoms with Gasteiger partial charge in [0.2, 0.25) is 5.91 Å². The van der Waals surface area contributed by atoms with Crippen LogP contribution in [-0.4, -0.2) is 53.8 Å².